The molecule has 6 nitrogen and oxygen atoms in total. The maximum Gasteiger partial charge on any atom is 0.274 e. The van der Waals surface area contributed by atoms with Crippen LogP contribution in [0.3, 0.4) is 0 Å². The minimum atomic E-state index is -0.256. The largest absolute Gasteiger partial charge is 0.344 e. The molecule has 2 aromatic carbocycles. The SMILES string of the molecule is C=C/C=C\C(=C/C)C(=C)/C=C\N=C(C)Nc1cc(NC(=O)c2[nH]c(C)nc2-c2ccc(C)cc2)ccc1C. The summed E-state index contributed by atoms with van der Waals surface area (Å²) in [6, 6.07) is 13.7. The van der Waals surface area contributed by atoms with Crippen molar-refractivity contribution in [3.8, 4) is 11.3 Å². The average molecular weight is 506 g/mol. The molecule has 3 rings (SSSR count). The lowest BCUT2D eigenvalue weighted by Crippen LogP contribution is -2.14. The van der Waals surface area contributed by atoms with Gasteiger partial charge in [0.25, 0.3) is 5.91 Å². The van der Waals surface area contributed by atoms with E-state index in [0.717, 1.165) is 33.5 Å². The highest BCUT2D eigenvalue weighted by Gasteiger charge is 2.18. The molecular weight excluding hydrogens is 470 g/mol. The molecule has 1 amide bonds. The summed E-state index contributed by atoms with van der Waals surface area (Å²) in [5, 5.41) is 6.31. The molecule has 194 valence electrons. The van der Waals surface area contributed by atoms with Gasteiger partial charge >= 0.3 is 0 Å². The van der Waals surface area contributed by atoms with Crippen LogP contribution in [0.15, 0.2) is 108 Å². The predicted molar refractivity (Wildman–Crippen MR) is 161 cm³/mol. The second-order valence-corrected chi connectivity index (χ2v) is 8.91. The first-order valence-electron chi connectivity index (χ1n) is 12.4. The van der Waals surface area contributed by atoms with Gasteiger partial charge in [-0.25, -0.2) is 9.98 Å². The minimum absolute atomic E-state index is 0.256. The minimum Gasteiger partial charge on any atom is -0.344 e. The summed E-state index contributed by atoms with van der Waals surface area (Å²) in [5.41, 5.74) is 7.46. The number of carbonyl (C=O) groups is 1. The average Bonchev–Trinajstić information content (AvgIpc) is 3.28. The van der Waals surface area contributed by atoms with Gasteiger partial charge in [0.1, 0.15) is 23.0 Å². The highest BCUT2D eigenvalue weighted by atomic mass is 16.1. The third-order valence-corrected chi connectivity index (χ3v) is 5.82. The van der Waals surface area contributed by atoms with Crippen molar-refractivity contribution in [3.05, 3.63) is 126 Å². The van der Waals surface area contributed by atoms with Gasteiger partial charge in [-0.3, -0.25) is 4.79 Å². The summed E-state index contributed by atoms with van der Waals surface area (Å²) >= 11 is 0. The Balaban J connectivity index is 1.74. The zero-order valence-corrected chi connectivity index (χ0v) is 22.7. The highest BCUT2D eigenvalue weighted by molar-refractivity contribution is 6.07. The van der Waals surface area contributed by atoms with Gasteiger partial charge in [0, 0.05) is 23.1 Å². The number of hydrogen-bond donors (Lipinski definition) is 3. The molecule has 1 heterocycles. The summed E-state index contributed by atoms with van der Waals surface area (Å²) in [7, 11) is 0. The normalized spacial score (nSPS) is 12.2. The Labute approximate surface area is 225 Å². The topological polar surface area (TPSA) is 82.2 Å². The van der Waals surface area contributed by atoms with Crippen molar-refractivity contribution in [2.24, 2.45) is 4.99 Å². The maximum absolute atomic E-state index is 13.2. The summed E-state index contributed by atoms with van der Waals surface area (Å²) in [6.45, 7) is 17.5. The first kappa shape index (κ1) is 27.9. The van der Waals surface area contributed by atoms with E-state index in [9.17, 15) is 4.79 Å². The van der Waals surface area contributed by atoms with Gasteiger partial charge in [0.05, 0.1) is 0 Å². The molecular formula is C32H35N5O. The first-order chi connectivity index (χ1) is 18.2. The number of imidazole rings is 1. The number of aliphatic imine (C=N–C) groups is 1. The van der Waals surface area contributed by atoms with Crippen LogP contribution in [0.4, 0.5) is 11.4 Å². The van der Waals surface area contributed by atoms with E-state index in [1.54, 1.807) is 12.3 Å². The lowest BCUT2D eigenvalue weighted by molar-refractivity contribution is 0.102. The van der Waals surface area contributed by atoms with Crippen molar-refractivity contribution in [1.82, 2.24) is 9.97 Å². The number of aryl methyl sites for hydroxylation is 3. The number of nitrogens with zero attached hydrogens (tertiary/aromatic N) is 2. The first-order valence-corrected chi connectivity index (χ1v) is 12.4. The Morgan fingerprint density at radius 1 is 1.05 bits per heavy atom. The van der Waals surface area contributed by atoms with E-state index in [2.05, 4.69) is 38.8 Å². The van der Waals surface area contributed by atoms with Gasteiger partial charge in [-0.15, -0.1) is 0 Å². The molecule has 0 aliphatic rings. The van der Waals surface area contributed by atoms with Crippen molar-refractivity contribution in [2.75, 3.05) is 10.6 Å². The molecule has 0 aliphatic heterocycles. The standard InChI is InChI=1S/C32H35N5O/c1-8-10-11-26(9-2)22(4)18-19-33-24(6)34-29-20-28(17-14-23(29)5)37-32(38)31-30(35-25(7)36-31)27-15-12-21(3)13-16-27/h8-20H,1,4H2,2-3,5-7H3,(H,33,34)(H,35,36)(H,37,38)/b11-10-,19-18-,26-9+. The van der Waals surface area contributed by atoms with Crippen LogP contribution in [0, 0.1) is 20.8 Å². The number of nitrogens with one attached hydrogen (secondary N) is 3. The van der Waals surface area contributed by atoms with E-state index in [4.69, 9.17) is 0 Å². The number of rotatable bonds is 9. The zero-order chi connectivity index (χ0) is 27.7. The second kappa shape index (κ2) is 13.0. The summed E-state index contributed by atoms with van der Waals surface area (Å²) < 4.78 is 0. The van der Waals surface area contributed by atoms with Crippen LogP contribution in [0.25, 0.3) is 11.3 Å². The second-order valence-electron chi connectivity index (χ2n) is 8.91. The molecule has 0 aliphatic carbocycles. The molecule has 3 N–H and O–H groups in total. The van der Waals surface area contributed by atoms with Crippen molar-refractivity contribution in [1.29, 1.82) is 0 Å². The Morgan fingerprint density at radius 2 is 1.79 bits per heavy atom. The van der Waals surface area contributed by atoms with Crippen LogP contribution in [0.1, 0.15) is 41.3 Å². The molecule has 1 aromatic heterocycles. The molecule has 0 bridgehead atoms. The number of allylic oxidation sites excluding steroid dienone is 7. The van der Waals surface area contributed by atoms with Gasteiger partial charge in [0.2, 0.25) is 0 Å². The van der Waals surface area contributed by atoms with Crippen molar-refractivity contribution < 1.29 is 4.79 Å². The van der Waals surface area contributed by atoms with E-state index in [0.29, 0.717) is 28.7 Å². The van der Waals surface area contributed by atoms with Crippen LogP contribution >= 0.6 is 0 Å². The number of amides is 1. The smallest absolute Gasteiger partial charge is 0.274 e. The maximum atomic E-state index is 13.2. The van der Waals surface area contributed by atoms with E-state index in [1.165, 1.54) is 0 Å². The lowest BCUT2D eigenvalue weighted by Gasteiger charge is -2.12. The number of H-pyrrole nitrogens is 1. The lowest BCUT2D eigenvalue weighted by atomic mass is 10.1. The fraction of sp³-hybridized carbons (Fsp3) is 0.156. The fourth-order valence-corrected chi connectivity index (χ4v) is 3.73. The van der Waals surface area contributed by atoms with Gasteiger partial charge in [-0.2, -0.15) is 0 Å². The number of anilines is 2. The van der Waals surface area contributed by atoms with E-state index >= 15 is 0 Å². The van der Waals surface area contributed by atoms with Gasteiger partial charge in [-0.1, -0.05) is 73.4 Å². The molecule has 0 radical (unpaired) electrons. The Hall–Kier alpha value is -4.71. The highest BCUT2D eigenvalue weighted by Crippen LogP contribution is 2.25. The molecule has 6 heteroatoms. The molecule has 0 fully saturated rings. The number of hydrogen-bond acceptors (Lipinski definition) is 3. The molecule has 0 unspecified atom stereocenters. The molecule has 0 saturated heterocycles. The number of benzene rings is 2. The van der Waals surface area contributed by atoms with Crippen molar-refractivity contribution in [2.45, 2.75) is 34.6 Å². The van der Waals surface area contributed by atoms with Crippen LogP contribution in [0.5, 0.6) is 0 Å². The Kier molecular flexibility index (Phi) is 9.54. The van der Waals surface area contributed by atoms with Crippen LogP contribution in [-0.4, -0.2) is 21.7 Å². The molecule has 3 aromatic rings. The van der Waals surface area contributed by atoms with Crippen LogP contribution in [0.2, 0.25) is 0 Å². The molecule has 0 saturated carbocycles. The molecule has 38 heavy (non-hydrogen) atoms. The zero-order valence-electron chi connectivity index (χ0n) is 22.7. The third kappa shape index (κ3) is 7.40. The Bertz CT molecular complexity index is 1450. The van der Waals surface area contributed by atoms with Gasteiger partial charge < -0.3 is 15.6 Å². The number of aromatic nitrogens is 2. The van der Waals surface area contributed by atoms with Crippen molar-refractivity contribution >= 4 is 23.1 Å². The van der Waals surface area contributed by atoms with Gasteiger partial charge in [0.15, 0.2) is 0 Å². The Morgan fingerprint density at radius 3 is 2.47 bits per heavy atom. The fourth-order valence-electron chi connectivity index (χ4n) is 3.73. The number of amidine groups is 1. The van der Waals surface area contributed by atoms with E-state index in [1.807, 2.05) is 101 Å². The number of carbonyl (C=O) groups excluding carboxylic acids is 1. The summed E-state index contributed by atoms with van der Waals surface area (Å²) in [5.74, 6) is 1.13. The third-order valence-electron chi connectivity index (χ3n) is 5.82. The molecule has 0 atom stereocenters. The van der Waals surface area contributed by atoms with E-state index in [-0.39, 0.29) is 5.91 Å². The van der Waals surface area contributed by atoms with Crippen LogP contribution < -0.4 is 10.6 Å². The van der Waals surface area contributed by atoms with Crippen molar-refractivity contribution in [3.63, 3.8) is 0 Å². The summed E-state index contributed by atoms with van der Waals surface area (Å²) in [6.07, 6.45) is 11.1. The predicted octanol–water partition coefficient (Wildman–Crippen LogP) is 7.84. The van der Waals surface area contributed by atoms with E-state index < -0.39 is 0 Å². The quantitative estimate of drug-likeness (QED) is 0.157. The number of aromatic amines is 1. The van der Waals surface area contributed by atoms with Crippen LogP contribution in [-0.2, 0) is 0 Å². The molecule has 0 spiro atoms. The summed E-state index contributed by atoms with van der Waals surface area (Å²) in [4.78, 5) is 25.3. The monoisotopic (exact) mass is 505 g/mol. The van der Waals surface area contributed by atoms with Gasteiger partial charge in [-0.05, 0) is 69.5 Å².